The van der Waals surface area contributed by atoms with Crippen LogP contribution in [0.5, 0.6) is 0 Å². The van der Waals surface area contributed by atoms with Crippen molar-refractivity contribution in [3.8, 4) is 0 Å². The number of hydrogen-bond acceptors (Lipinski definition) is 3. The van der Waals surface area contributed by atoms with E-state index in [9.17, 15) is 0 Å². The quantitative estimate of drug-likeness (QED) is 0.274. The van der Waals surface area contributed by atoms with Gasteiger partial charge in [0.25, 0.3) is 0 Å². The van der Waals surface area contributed by atoms with Crippen molar-refractivity contribution in [1.29, 1.82) is 0 Å². The first-order chi connectivity index (χ1) is 10.2. The maximum atomic E-state index is 6.36. The van der Waals surface area contributed by atoms with Gasteiger partial charge in [-0.3, -0.25) is 4.18 Å². The lowest BCUT2D eigenvalue weighted by Crippen LogP contribution is -2.33. The number of hydrogen-bond donors (Lipinski definition) is 0. The summed E-state index contributed by atoms with van der Waals surface area (Å²) in [6, 6.07) is 0. The van der Waals surface area contributed by atoms with Crippen LogP contribution in [0.4, 0.5) is 0 Å². The third-order valence-corrected chi connectivity index (χ3v) is 6.75. The van der Waals surface area contributed by atoms with Gasteiger partial charge in [-0.05, 0) is 52.1 Å². The highest BCUT2D eigenvalue weighted by Crippen LogP contribution is 2.49. The van der Waals surface area contributed by atoms with Crippen LogP contribution in [0.1, 0.15) is 89.0 Å². The van der Waals surface area contributed by atoms with Crippen molar-refractivity contribution in [2.24, 2.45) is 5.92 Å². The Hall–Kier alpha value is 0.790. The van der Waals surface area contributed by atoms with Crippen molar-refractivity contribution in [1.82, 2.24) is 0 Å². The molecule has 0 N–H and O–H groups in total. The Bertz CT molecular complexity index is 393. The SMILES string of the molecule is BC(C)(C)CC(C)C(C)(C)SOC(C)(C)SC(C)(C)CC(B)(C)C. The molecule has 0 saturated heterocycles. The number of thioether (sulfide) groups is 1. The highest BCUT2D eigenvalue weighted by Gasteiger charge is 2.37. The first-order valence-corrected chi connectivity index (χ1v) is 10.9. The van der Waals surface area contributed by atoms with Crippen LogP contribution < -0.4 is 0 Å². The van der Waals surface area contributed by atoms with Crippen molar-refractivity contribution >= 4 is 39.5 Å². The third-order valence-electron chi connectivity index (χ3n) is 4.04. The van der Waals surface area contributed by atoms with Gasteiger partial charge in [0, 0.05) is 9.49 Å². The molecule has 0 aliphatic carbocycles. The second kappa shape index (κ2) is 8.21. The minimum Gasteiger partial charge on any atom is -0.298 e. The van der Waals surface area contributed by atoms with E-state index in [-0.39, 0.29) is 14.4 Å². The van der Waals surface area contributed by atoms with Crippen LogP contribution in [0, 0.1) is 5.92 Å². The molecule has 0 aromatic rings. The van der Waals surface area contributed by atoms with Gasteiger partial charge >= 0.3 is 0 Å². The fourth-order valence-corrected chi connectivity index (χ4v) is 6.19. The molecule has 0 amide bonds. The lowest BCUT2D eigenvalue weighted by Gasteiger charge is -2.40. The van der Waals surface area contributed by atoms with Crippen LogP contribution in [0.3, 0.4) is 0 Å². The highest BCUT2D eigenvalue weighted by molar-refractivity contribution is 8.03. The van der Waals surface area contributed by atoms with Crippen molar-refractivity contribution in [2.75, 3.05) is 0 Å². The molecule has 0 spiro atoms. The van der Waals surface area contributed by atoms with Gasteiger partial charge in [-0.2, -0.15) is 0 Å². The van der Waals surface area contributed by atoms with E-state index in [0.717, 1.165) is 0 Å². The monoisotopic (exact) mass is 372 g/mol. The molecular weight excluding hydrogens is 330 g/mol. The molecule has 1 unspecified atom stereocenters. The molecule has 0 aliphatic rings. The lowest BCUT2D eigenvalue weighted by atomic mass is 9.66. The maximum absolute atomic E-state index is 6.36. The Kier molecular flexibility index (Phi) is 8.48. The summed E-state index contributed by atoms with van der Waals surface area (Å²) < 4.78 is 6.67. The largest absolute Gasteiger partial charge is 0.298 e. The highest BCUT2D eigenvalue weighted by atomic mass is 32.2. The van der Waals surface area contributed by atoms with E-state index < -0.39 is 0 Å². The topological polar surface area (TPSA) is 9.23 Å². The summed E-state index contributed by atoms with van der Waals surface area (Å²) in [5, 5.41) is 0.691. The molecule has 0 fully saturated rings. The average molecular weight is 372 g/mol. The van der Waals surface area contributed by atoms with E-state index in [2.05, 4.69) is 91.9 Å². The molecule has 0 heterocycles. The zero-order valence-corrected chi connectivity index (χ0v) is 20.3. The van der Waals surface area contributed by atoms with Crippen LogP contribution in [-0.4, -0.2) is 30.1 Å². The zero-order valence-electron chi connectivity index (χ0n) is 18.7. The minimum absolute atomic E-state index is 0.110. The predicted octanol–water partition coefficient (Wildman–Crippen LogP) is 5.76. The van der Waals surface area contributed by atoms with Gasteiger partial charge in [-0.15, -0.1) is 11.8 Å². The smallest absolute Gasteiger partial charge is 0.123 e. The van der Waals surface area contributed by atoms with Gasteiger partial charge in [0.2, 0.25) is 0 Å². The molecule has 0 radical (unpaired) electrons. The normalized spacial score (nSPS) is 16.3. The molecule has 1 atom stereocenters. The molecule has 1 nitrogen and oxygen atoms in total. The van der Waals surface area contributed by atoms with Gasteiger partial charge in [-0.1, -0.05) is 65.5 Å². The minimum atomic E-state index is -0.196. The third kappa shape index (κ3) is 11.4. The molecule has 0 aliphatic heterocycles. The van der Waals surface area contributed by atoms with Crippen LogP contribution in [0.2, 0.25) is 10.6 Å². The van der Waals surface area contributed by atoms with Gasteiger partial charge in [0.05, 0.1) is 0 Å². The van der Waals surface area contributed by atoms with Gasteiger partial charge in [0.15, 0.2) is 0 Å². The summed E-state index contributed by atoms with van der Waals surface area (Å²) in [6.45, 7) is 25.3. The summed E-state index contributed by atoms with van der Waals surface area (Å²) >= 11 is 3.63. The van der Waals surface area contributed by atoms with Crippen molar-refractivity contribution in [3.63, 3.8) is 0 Å². The van der Waals surface area contributed by atoms with Gasteiger partial charge < -0.3 is 0 Å². The molecule has 24 heavy (non-hydrogen) atoms. The Morgan fingerprint density at radius 1 is 0.833 bits per heavy atom. The molecule has 5 heteroatoms. The maximum Gasteiger partial charge on any atom is 0.123 e. The van der Waals surface area contributed by atoms with Crippen molar-refractivity contribution in [3.05, 3.63) is 0 Å². The van der Waals surface area contributed by atoms with Crippen molar-refractivity contribution < 1.29 is 4.18 Å². The van der Waals surface area contributed by atoms with E-state index in [1.165, 1.54) is 12.8 Å². The van der Waals surface area contributed by atoms with E-state index in [4.69, 9.17) is 4.18 Å². The molecule has 0 aromatic heterocycles. The molecule has 0 rings (SSSR count). The lowest BCUT2D eigenvalue weighted by molar-refractivity contribution is 0.234. The zero-order chi connectivity index (χ0) is 19.6. The molecule has 0 saturated carbocycles. The summed E-state index contributed by atoms with van der Waals surface area (Å²) in [5.74, 6) is 0.603. The molecule has 0 bridgehead atoms. The second-order valence-electron chi connectivity index (χ2n) is 11.4. The van der Waals surface area contributed by atoms with Gasteiger partial charge in [0.1, 0.15) is 20.6 Å². The summed E-state index contributed by atoms with van der Waals surface area (Å²) in [7, 11) is 4.63. The van der Waals surface area contributed by atoms with E-state index >= 15 is 0 Å². The summed E-state index contributed by atoms with van der Waals surface area (Å²) in [5.41, 5.74) is 0. The van der Waals surface area contributed by atoms with Crippen molar-refractivity contribution in [2.45, 2.75) is 114 Å². The number of rotatable bonds is 10. The molecular formula is C19H42B2OS2. The fourth-order valence-electron chi connectivity index (χ4n) is 3.45. The van der Waals surface area contributed by atoms with E-state index in [0.29, 0.717) is 16.5 Å². The molecule has 142 valence electrons. The van der Waals surface area contributed by atoms with E-state index in [1.807, 2.05) is 11.8 Å². The predicted molar refractivity (Wildman–Crippen MR) is 122 cm³/mol. The first-order valence-electron chi connectivity index (χ1n) is 9.32. The Morgan fingerprint density at radius 2 is 1.29 bits per heavy atom. The Morgan fingerprint density at radius 3 is 1.67 bits per heavy atom. The second-order valence-corrected chi connectivity index (χ2v) is 15.1. The summed E-state index contributed by atoms with van der Waals surface area (Å²) in [6.07, 6.45) is 2.38. The van der Waals surface area contributed by atoms with E-state index in [1.54, 1.807) is 12.0 Å². The van der Waals surface area contributed by atoms with Crippen LogP contribution in [0.25, 0.3) is 0 Å². The van der Waals surface area contributed by atoms with Crippen LogP contribution in [0.15, 0.2) is 0 Å². The summed E-state index contributed by atoms with van der Waals surface area (Å²) in [4.78, 5) is -0.196. The van der Waals surface area contributed by atoms with Crippen LogP contribution in [-0.2, 0) is 4.18 Å². The average Bonchev–Trinajstić information content (AvgIpc) is 2.18. The molecule has 0 aromatic carbocycles. The first kappa shape index (κ1) is 24.8. The van der Waals surface area contributed by atoms with Gasteiger partial charge in [-0.25, -0.2) is 0 Å². The standard InChI is InChI=1S/C19H42B2OS2/c1-14(12-15(2,3)20)18(8,9)24-22-19(10,11)23-17(6,7)13-16(4,5)21/h14H,12-13,20-21H2,1-11H3. The Balaban J connectivity index is 4.76. The fraction of sp³-hybridized carbons (Fsp3) is 1.00. The Labute approximate surface area is 163 Å². The van der Waals surface area contributed by atoms with Crippen LogP contribution >= 0.6 is 23.8 Å².